The Morgan fingerprint density at radius 1 is 1.45 bits per heavy atom. The van der Waals surface area contributed by atoms with Crippen molar-refractivity contribution in [2.24, 2.45) is 5.41 Å². The van der Waals surface area contributed by atoms with E-state index >= 15 is 0 Å². The van der Waals surface area contributed by atoms with Crippen LogP contribution >= 0.6 is 12.4 Å². The summed E-state index contributed by atoms with van der Waals surface area (Å²) in [5.74, 6) is 1.06. The van der Waals surface area contributed by atoms with Crippen LogP contribution in [0.3, 0.4) is 0 Å². The molecule has 0 radical (unpaired) electrons. The van der Waals surface area contributed by atoms with Gasteiger partial charge in [0, 0.05) is 18.7 Å². The van der Waals surface area contributed by atoms with E-state index in [-0.39, 0.29) is 23.7 Å². The number of benzene rings is 1. The second-order valence-electron chi connectivity index (χ2n) is 5.72. The van der Waals surface area contributed by atoms with E-state index in [4.69, 9.17) is 4.74 Å². The number of carbonyl (C=O) groups excluding carboxylic acids is 1. The van der Waals surface area contributed by atoms with E-state index in [0.29, 0.717) is 0 Å². The minimum absolute atomic E-state index is 0. The fourth-order valence-corrected chi connectivity index (χ4v) is 2.80. The van der Waals surface area contributed by atoms with Gasteiger partial charge in [-0.2, -0.15) is 0 Å². The van der Waals surface area contributed by atoms with Gasteiger partial charge in [-0.25, -0.2) is 0 Å². The van der Waals surface area contributed by atoms with Gasteiger partial charge in [-0.15, -0.1) is 12.4 Å². The molecule has 1 saturated heterocycles. The Kier molecular flexibility index (Phi) is 4.55. The normalized spacial score (nSPS) is 24.2. The van der Waals surface area contributed by atoms with Crippen LogP contribution in [0.15, 0.2) is 18.2 Å². The van der Waals surface area contributed by atoms with Crippen molar-refractivity contribution >= 4 is 24.0 Å². The molecule has 5 heteroatoms. The molecule has 1 fully saturated rings. The maximum Gasteiger partial charge on any atom is 0.231 e. The lowest BCUT2D eigenvalue weighted by molar-refractivity contribution is -0.125. The van der Waals surface area contributed by atoms with Crippen LogP contribution in [0.1, 0.15) is 25.3 Å². The molecule has 1 amide bonds. The molecular weight excluding hydrogens is 276 g/mol. The molecule has 20 heavy (non-hydrogen) atoms. The molecule has 1 aromatic carbocycles. The largest absolute Gasteiger partial charge is 0.493 e. The second-order valence-corrected chi connectivity index (χ2v) is 5.72. The third-order valence-electron chi connectivity index (χ3n) is 4.09. The first-order chi connectivity index (χ1) is 9.17. The predicted molar refractivity (Wildman–Crippen MR) is 81.7 cm³/mol. The second kappa shape index (κ2) is 6.02. The average molecular weight is 297 g/mol. The first-order valence-corrected chi connectivity index (χ1v) is 6.95. The van der Waals surface area contributed by atoms with Gasteiger partial charge in [0.05, 0.1) is 12.0 Å². The number of halogens is 1. The minimum Gasteiger partial charge on any atom is -0.493 e. The van der Waals surface area contributed by atoms with Crippen molar-refractivity contribution in [3.05, 3.63) is 23.8 Å². The Labute approximate surface area is 125 Å². The Bertz CT molecular complexity index is 499. The lowest BCUT2D eigenvalue weighted by Gasteiger charge is -2.32. The summed E-state index contributed by atoms with van der Waals surface area (Å²) in [6.45, 7) is 4.55. The fourth-order valence-electron chi connectivity index (χ4n) is 2.80. The highest BCUT2D eigenvalue weighted by molar-refractivity contribution is 5.95. The van der Waals surface area contributed by atoms with Crippen molar-refractivity contribution < 1.29 is 9.53 Å². The summed E-state index contributed by atoms with van der Waals surface area (Å²) in [5, 5.41) is 6.35. The number of hydrogen-bond donors (Lipinski definition) is 2. The molecule has 0 spiro atoms. The smallest absolute Gasteiger partial charge is 0.231 e. The van der Waals surface area contributed by atoms with Gasteiger partial charge in [-0.05, 0) is 50.1 Å². The number of fused-ring (bicyclic) bond motifs is 1. The van der Waals surface area contributed by atoms with Crippen molar-refractivity contribution in [3.63, 3.8) is 0 Å². The fraction of sp³-hybridized carbons (Fsp3) is 0.533. The highest BCUT2D eigenvalue weighted by atomic mass is 35.5. The molecule has 1 atom stereocenters. The first kappa shape index (κ1) is 15.1. The van der Waals surface area contributed by atoms with Crippen LogP contribution in [-0.4, -0.2) is 25.6 Å². The van der Waals surface area contributed by atoms with Crippen molar-refractivity contribution in [3.8, 4) is 5.75 Å². The molecule has 3 rings (SSSR count). The van der Waals surface area contributed by atoms with Gasteiger partial charge in [-0.3, -0.25) is 4.79 Å². The van der Waals surface area contributed by atoms with Gasteiger partial charge in [0.1, 0.15) is 5.75 Å². The number of ether oxygens (including phenoxy) is 1. The maximum absolute atomic E-state index is 12.4. The lowest BCUT2D eigenvalue weighted by atomic mass is 9.82. The molecule has 0 saturated carbocycles. The van der Waals surface area contributed by atoms with Gasteiger partial charge in [0.2, 0.25) is 5.91 Å². The molecule has 2 N–H and O–H groups in total. The summed E-state index contributed by atoms with van der Waals surface area (Å²) >= 11 is 0. The summed E-state index contributed by atoms with van der Waals surface area (Å²) in [4.78, 5) is 12.4. The molecule has 4 nitrogen and oxygen atoms in total. The molecule has 2 heterocycles. The lowest BCUT2D eigenvalue weighted by Crippen LogP contribution is -2.46. The standard InChI is InChI=1S/C15H20N2O2.ClH/c1-15(6-2-7-16-10-15)14(18)17-12-3-4-13-11(9-12)5-8-19-13;/h3-4,9,16H,2,5-8,10H2,1H3,(H,17,18);1H. The van der Waals surface area contributed by atoms with Crippen molar-refractivity contribution in [1.82, 2.24) is 5.32 Å². The number of hydrogen-bond acceptors (Lipinski definition) is 3. The molecule has 0 bridgehead atoms. The van der Waals surface area contributed by atoms with Crippen molar-refractivity contribution in [1.29, 1.82) is 0 Å². The van der Waals surface area contributed by atoms with E-state index in [1.165, 1.54) is 5.56 Å². The van der Waals surface area contributed by atoms with Crippen molar-refractivity contribution in [2.45, 2.75) is 26.2 Å². The van der Waals surface area contributed by atoms with E-state index in [9.17, 15) is 4.79 Å². The van der Waals surface area contributed by atoms with Crippen LogP contribution in [0.25, 0.3) is 0 Å². The van der Waals surface area contributed by atoms with Gasteiger partial charge >= 0.3 is 0 Å². The number of piperidine rings is 1. The monoisotopic (exact) mass is 296 g/mol. The quantitative estimate of drug-likeness (QED) is 0.881. The predicted octanol–water partition coefficient (Wildman–Crippen LogP) is 2.37. The number of anilines is 1. The average Bonchev–Trinajstić information content (AvgIpc) is 2.87. The van der Waals surface area contributed by atoms with Gasteiger partial charge in [0.15, 0.2) is 0 Å². The maximum atomic E-state index is 12.4. The molecule has 0 aliphatic carbocycles. The van der Waals surface area contributed by atoms with Gasteiger partial charge < -0.3 is 15.4 Å². The number of amides is 1. The van der Waals surface area contributed by atoms with Crippen LogP contribution in [0.5, 0.6) is 5.75 Å². The molecule has 1 aromatic rings. The van der Waals surface area contributed by atoms with Crippen LogP contribution in [0.2, 0.25) is 0 Å². The Balaban J connectivity index is 0.00000147. The zero-order valence-corrected chi connectivity index (χ0v) is 12.5. The topological polar surface area (TPSA) is 50.4 Å². The minimum atomic E-state index is -0.298. The zero-order valence-electron chi connectivity index (χ0n) is 11.7. The van der Waals surface area contributed by atoms with E-state index in [1.807, 2.05) is 25.1 Å². The molecule has 0 aromatic heterocycles. The third kappa shape index (κ3) is 2.91. The summed E-state index contributed by atoms with van der Waals surface area (Å²) in [7, 11) is 0. The number of nitrogens with one attached hydrogen (secondary N) is 2. The molecule has 2 aliphatic rings. The summed E-state index contributed by atoms with van der Waals surface area (Å²) in [6.07, 6.45) is 2.93. The molecule has 2 aliphatic heterocycles. The van der Waals surface area contributed by atoms with Crippen LogP contribution in [0, 0.1) is 5.41 Å². The van der Waals surface area contributed by atoms with Gasteiger partial charge in [0.25, 0.3) is 0 Å². The highest BCUT2D eigenvalue weighted by Crippen LogP contribution is 2.30. The Morgan fingerprint density at radius 2 is 2.30 bits per heavy atom. The summed E-state index contributed by atoms with van der Waals surface area (Å²) in [6, 6.07) is 5.89. The summed E-state index contributed by atoms with van der Waals surface area (Å²) in [5.41, 5.74) is 1.76. The van der Waals surface area contributed by atoms with Crippen LogP contribution < -0.4 is 15.4 Å². The van der Waals surface area contributed by atoms with E-state index in [1.54, 1.807) is 0 Å². The van der Waals surface area contributed by atoms with E-state index in [0.717, 1.165) is 50.4 Å². The van der Waals surface area contributed by atoms with Crippen LogP contribution in [0.4, 0.5) is 5.69 Å². The van der Waals surface area contributed by atoms with Gasteiger partial charge in [-0.1, -0.05) is 0 Å². The zero-order chi connectivity index (χ0) is 13.3. The molecular formula is C15H21ClN2O2. The van der Waals surface area contributed by atoms with Crippen LogP contribution in [-0.2, 0) is 11.2 Å². The van der Waals surface area contributed by atoms with E-state index in [2.05, 4.69) is 10.6 Å². The first-order valence-electron chi connectivity index (χ1n) is 6.95. The molecule has 110 valence electrons. The Morgan fingerprint density at radius 3 is 3.05 bits per heavy atom. The number of rotatable bonds is 2. The third-order valence-corrected chi connectivity index (χ3v) is 4.09. The molecule has 1 unspecified atom stereocenters. The SMILES string of the molecule is CC1(C(=O)Nc2ccc3c(c2)CCO3)CCCNC1.Cl. The Hall–Kier alpha value is -1.26. The van der Waals surface area contributed by atoms with E-state index < -0.39 is 0 Å². The van der Waals surface area contributed by atoms with Crippen molar-refractivity contribution in [2.75, 3.05) is 25.0 Å². The summed E-state index contributed by atoms with van der Waals surface area (Å²) < 4.78 is 5.47. The highest BCUT2D eigenvalue weighted by Gasteiger charge is 2.34. The number of carbonyl (C=O) groups is 1.